The molecule has 0 aromatic carbocycles. The zero-order valence-corrected chi connectivity index (χ0v) is 6.58. The van der Waals surface area contributed by atoms with Gasteiger partial charge in [-0.15, -0.1) is 0 Å². The largest absolute Gasteiger partial charge is 0.391 e. The number of aliphatic hydroxyl groups is 4. The van der Waals surface area contributed by atoms with Crippen LogP contribution in [-0.4, -0.2) is 50.7 Å². The van der Waals surface area contributed by atoms with Gasteiger partial charge >= 0.3 is 0 Å². The van der Waals surface area contributed by atoms with Crippen LogP contribution in [0.5, 0.6) is 0 Å². The molecule has 0 fully saturated rings. The molecule has 0 saturated heterocycles. The number of nitrogens with two attached hydrogens (primary N) is 1. The van der Waals surface area contributed by atoms with Crippen LogP contribution in [0.25, 0.3) is 0 Å². The van der Waals surface area contributed by atoms with Crippen molar-refractivity contribution in [2.24, 2.45) is 5.73 Å². The predicted octanol–water partition coefficient (Wildman–Crippen LogP) is -3.06. The standard InChI is InChI=1S/C6H13NO5/c1-3(9)5(11)6(7,12)4(10)2-8/h2-5,9-12H,7H2,1H3/t3-,4+,5-,6-/m1/s1. The summed E-state index contributed by atoms with van der Waals surface area (Å²) in [4.78, 5) is 10.00. The maximum atomic E-state index is 10.00. The molecular formula is C6H13NO5. The predicted molar refractivity (Wildman–Crippen MR) is 38.9 cm³/mol. The van der Waals surface area contributed by atoms with Crippen LogP contribution in [0.1, 0.15) is 6.92 Å². The van der Waals surface area contributed by atoms with E-state index in [1.165, 1.54) is 6.92 Å². The van der Waals surface area contributed by atoms with Gasteiger partial charge < -0.3 is 25.2 Å². The topological polar surface area (TPSA) is 124 Å². The van der Waals surface area contributed by atoms with Gasteiger partial charge in [-0.1, -0.05) is 0 Å². The number of hydrogen-bond donors (Lipinski definition) is 5. The first kappa shape index (κ1) is 11.5. The van der Waals surface area contributed by atoms with Crippen LogP contribution in [0.15, 0.2) is 0 Å². The monoisotopic (exact) mass is 179 g/mol. The fourth-order valence-electron chi connectivity index (χ4n) is 0.670. The second-order valence-corrected chi connectivity index (χ2v) is 2.65. The van der Waals surface area contributed by atoms with Crippen LogP contribution in [0.4, 0.5) is 0 Å². The van der Waals surface area contributed by atoms with Gasteiger partial charge in [-0.25, -0.2) is 0 Å². The Balaban J connectivity index is 4.47. The molecule has 0 aliphatic carbocycles. The molecule has 0 aliphatic heterocycles. The summed E-state index contributed by atoms with van der Waals surface area (Å²) in [7, 11) is 0. The van der Waals surface area contributed by atoms with Crippen LogP contribution in [-0.2, 0) is 4.79 Å². The molecule has 6 N–H and O–H groups in total. The van der Waals surface area contributed by atoms with Crippen LogP contribution in [0, 0.1) is 0 Å². The molecule has 0 spiro atoms. The minimum Gasteiger partial charge on any atom is -0.391 e. The Bertz CT molecular complexity index is 158. The highest BCUT2D eigenvalue weighted by atomic mass is 16.4. The summed E-state index contributed by atoms with van der Waals surface area (Å²) in [6, 6.07) is 0. The van der Waals surface area contributed by atoms with E-state index in [1.54, 1.807) is 0 Å². The third-order valence-electron chi connectivity index (χ3n) is 1.53. The van der Waals surface area contributed by atoms with E-state index in [-0.39, 0.29) is 6.29 Å². The lowest BCUT2D eigenvalue weighted by atomic mass is 9.98. The molecular weight excluding hydrogens is 166 g/mol. The van der Waals surface area contributed by atoms with Crippen molar-refractivity contribution in [3.63, 3.8) is 0 Å². The van der Waals surface area contributed by atoms with Crippen LogP contribution in [0.3, 0.4) is 0 Å². The van der Waals surface area contributed by atoms with Gasteiger partial charge in [-0.05, 0) is 6.92 Å². The smallest absolute Gasteiger partial charge is 0.175 e. The molecule has 0 aromatic heterocycles. The van der Waals surface area contributed by atoms with Gasteiger partial charge in [0.1, 0.15) is 6.10 Å². The third-order valence-corrected chi connectivity index (χ3v) is 1.53. The maximum Gasteiger partial charge on any atom is 0.175 e. The molecule has 0 radical (unpaired) electrons. The quantitative estimate of drug-likeness (QED) is 0.230. The molecule has 6 nitrogen and oxygen atoms in total. The van der Waals surface area contributed by atoms with Crippen LogP contribution in [0.2, 0.25) is 0 Å². The maximum absolute atomic E-state index is 10.00. The van der Waals surface area contributed by atoms with Gasteiger partial charge in [0.2, 0.25) is 0 Å². The van der Waals surface area contributed by atoms with Crippen LogP contribution < -0.4 is 5.73 Å². The summed E-state index contributed by atoms with van der Waals surface area (Å²) >= 11 is 0. The molecule has 0 heterocycles. The zero-order chi connectivity index (χ0) is 9.94. The van der Waals surface area contributed by atoms with Crippen molar-refractivity contribution in [3.05, 3.63) is 0 Å². The average Bonchev–Trinajstić information content (AvgIpc) is 2.01. The number of aldehydes is 1. The van der Waals surface area contributed by atoms with Gasteiger partial charge in [-0.2, -0.15) is 0 Å². The van der Waals surface area contributed by atoms with E-state index in [1.807, 2.05) is 0 Å². The number of carbonyl (C=O) groups excluding carboxylic acids is 1. The van der Waals surface area contributed by atoms with E-state index in [0.717, 1.165) is 0 Å². The number of hydrogen-bond acceptors (Lipinski definition) is 6. The molecule has 6 heteroatoms. The van der Waals surface area contributed by atoms with Gasteiger partial charge in [0.25, 0.3) is 0 Å². The zero-order valence-electron chi connectivity index (χ0n) is 6.58. The van der Waals surface area contributed by atoms with E-state index in [9.17, 15) is 4.79 Å². The van der Waals surface area contributed by atoms with Crippen molar-refractivity contribution < 1.29 is 25.2 Å². The Kier molecular flexibility index (Phi) is 3.75. The lowest BCUT2D eigenvalue weighted by molar-refractivity contribution is -0.171. The minimum absolute atomic E-state index is 0.0222. The Hall–Kier alpha value is -0.530. The third kappa shape index (κ3) is 2.23. The van der Waals surface area contributed by atoms with E-state index >= 15 is 0 Å². The average molecular weight is 179 g/mol. The minimum atomic E-state index is -2.52. The Morgan fingerprint density at radius 2 is 1.83 bits per heavy atom. The lowest BCUT2D eigenvalue weighted by Gasteiger charge is -2.31. The van der Waals surface area contributed by atoms with Crippen molar-refractivity contribution in [1.82, 2.24) is 0 Å². The first-order chi connectivity index (χ1) is 5.34. The van der Waals surface area contributed by atoms with Crippen LogP contribution >= 0.6 is 0 Å². The molecule has 72 valence electrons. The Morgan fingerprint density at radius 3 is 2.08 bits per heavy atom. The number of aliphatic hydroxyl groups excluding tert-OH is 3. The first-order valence-electron chi connectivity index (χ1n) is 3.34. The van der Waals surface area contributed by atoms with E-state index in [0.29, 0.717) is 0 Å². The summed E-state index contributed by atoms with van der Waals surface area (Å²) in [6.45, 7) is 1.17. The second kappa shape index (κ2) is 3.92. The fourth-order valence-corrected chi connectivity index (χ4v) is 0.670. The second-order valence-electron chi connectivity index (χ2n) is 2.65. The van der Waals surface area contributed by atoms with E-state index in [4.69, 9.17) is 26.2 Å². The lowest BCUT2D eigenvalue weighted by Crippen LogP contribution is -2.63. The molecule has 4 atom stereocenters. The molecule has 0 amide bonds. The summed E-state index contributed by atoms with van der Waals surface area (Å²) < 4.78 is 0. The molecule has 0 unspecified atom stereocenters. The van der Waals surface area contributed by atoms with Crippen molar-refractivity contribution in [1.29, 1.82) is 0 Å². The number of carbonyl (C=O) groups is 1. The van der Waals surface area contributed by atoms with Gasteiger partial charge in [0.05, 0.1) is 6.10 Å². The fraction of sp³-hybridized carbons (Fsp3) is 0.833. The number of rotatable bonds is 4. The SMILES string of the molecule is C[C@@H](O)[C@@H](O)[C@](N)(O)[C@@H](O)C=O. The molecule has 12 heavy (non-hydrogen) atoms. The van der Waals surface area contributed by atoms with E-state index in [2.05, 4.69) is 0 Å². The molecule has 0 saturated carbocycles. The summed E-state index contributed by atoms with van der Waals surface area (Å²) in [6.07, 6.45) is -5.07. The Labute approximate surface area is 69.2 Å². The van der Waals surface area contributed by atoms with Crippen molar-refractivity contribution >= 4 is 6.29 Å². The van der Waals surface area contributed by atoms with E-state index < -0.39 is 24.0 Å². The molecule has 0 aromatic rings. The van der Waals surface area contributed by atoms with Crippen molar-refractivity contribution in [3.8, 4) is 0 Å². The molecule has 0 rings (SSSR count). The summed E-state index contributed by atoms with van der Waals surface area (Å²) in [5.74, 6) is 0. The normalized spacial score (nSPS) is 23.8. The van der Waals surface area contributed by atoms with Gasteiger partial charge in [0, 0.05) is 0 Å². The molecule has 0 aliphatic rings. The highest BCUT2D eigenvalue weighted by Crippen LogP contribution is 2.11. The Morgan fingerprint density at radius 1 is 1.42 bits per heavy atom. The van der Waals surface area contributed by atoms with Gasteiger partial charge in [-0.3, -0.25) is 5.73 Å². The van der Waals surface area contributed by atoms with Crippen molar-refractivity contribution in [2.45, 2.75) is 31.0 Å². The first-order valence-corrected chi connectivity index (χ1v) is 3.34. The highest BCUT2D eigenvalue weighted by Gasteiger charge is 2.41. The highest BCUT2D eigenvalue weighted by molar-refractivity contribution is 5.57. The summed E-state index contributed by atoms with van der Waals surface area (Å²) in [5.41, 5.74) is 2.46. The van der Waals surface area contributed by atoms with Crippen molar-refractivity contribution in [2.75, 3.05) is 0 Å². The molecule has 0 bridgehead atoms. The van der Waals surface area contributed by atoms with Gasteiger partial charge in [0.15, 0.2) is 18.1 Å². The summed E-state index contributed by atoms with van der Waals surface area (Å²) in [5, 5.41) is 35.7.